The fourth-order valence-corrected chi connectivity index (χ4v) is 11.5. The molecule has 0 saturated carbocycles. The van der Waals surface area contributed by atoms with Crippen LogP contribution in [0.15, 0.2) is 12.5 Å². The minimum Gasteiger partial charge on any atom is -0.391 e. The maximum atomic E-state index is 14.5. The Morgan fingerprint density at radius 3 is 1.26 bits per heavy atom. The number of aliphatic hydroxyl groups excluding tert-OH is 1. The maximum Gasteiger partial charge on any atom is 0.245 e. The summed E-state index contributed by atoms with van der Waals surface area (Å²) in [6, 6.07) is -15.0. The van der Waals surface area contributed by atoms with Gasteiger partial charge in [0.1, 0.15) is 66.5 Å². The van der Waals surface area contributed by atoms with E-state index in [2.05, 4.69) is 84.4 Å². The van der Waals surface area contributed by atoms with Crippen LogP contribution in [0, 0.1) is 41.4 Å². The maximum absolute atomic E-state index is 14.5. The first-order valence-electron chi connectivity index (χ1n) is 37.7. The molecule has 0 bridgehead atoms. The highest BCUT2D eigenvalue weighted by molar-refractivity contribution is 7.98. The van der Waals surface area contributed by atoms with Crippen LogP contribution in [0.1, 0.15) is 187 Å². The average Bonchev–Trinajstić information content (AvgIpc) is 0.982. The Balaban J connectivity index is 3.35. The molecular weight excluding hydrogens is 1420 g/mol. The summed E-state index contributed by atoms with van der Waals surface area (Å²) in [5.41, 5.74) is 17.9. The Bertz CT molecular complexity index is 3070. The van der Waals surface area contributed by atoms with Crippen molar-refractivity contribution in [1.29, 1.82) is 0 Å². The summed E-state index contributed by atoms with van der Waals surface area (Å²) in [5.74, 6) is -12.9. The molecule has 1 heterocycles. The Morgan fingerprint density at radius 2 is 0.815 bits per heavy atom. The predicted molar refractivity (Wildman–Crippen MR) is 409 cm³/mol. The minimum atomic E-state index is -1.74. The monoisotopic (exact) mass is 1550 g/mol. The topological polar surface area (TPSA) is 551 Å². The first-order chi connectivity index (χ1) is 50.6. The van der Waals surface area contributed by atoms with Crippen LogP contribution >= 0.6 is 11.8 Å². The smallest absolute Gasteiger partial charge is 0.245 e. The molecule has 15 amide bonds. The Morgan fingerprint density at radius 1 is 0.435 bits per heavy atom. The molecule has 36 heteroatoms. The molecule has 0 saturated heterocycles. The number of aliphatic hydroxyl groups is 1. The summed E-state index contributed by atoms with van der Waals surface area (Å²) in [6.45, 7) is 26.1. The molecule has 108 heavy (non-hydrogen) atoms. The van der Waals surface area contributed by atoms with Crippen molar-refractivity contribution in [1.82, 2.24) is 84.4 Å². The molecule has 1 aromatic rings. The highest BCUT2D eigenvalue weighted by Gasteiger charge is 2.38. The normalized spacial score (nSPS) is 15.9. The zero-order valence-electron chi connectivity index (χ0n) is 66.4. The molecule has 0 fully saturated rings. The van der Waals surface area contributed by atoms with Gasteiger partial charge in [-0.15, -0.1) is 0 Å². The molecule has 22 N–H and O–H groups in total. The highest BCUT2D eigenvalue weighted by Crippen LogP contribution is 2.17. The van der Waals surface area contributed by atoms with Crippen LogP contribution in [0.5, 0.6) is 0 Å². The summed E-state index contributed by atoms with van der Waals surface area (Å²) >= 11 is 1.38. The van der Waals surface area contributed by atoms with E-state index >= 15 is 0 Å². The number of aromatic nitrogens is 2. The number of nitrogens with one attached hydrogen (secondary N) is 15. The van der Waals surface area contributed by atoms with Crippen LogP contribution < -0.4 is 91.6 Å². The van der Waals surface area contributed by atoms with E-state index in [0.29, 0.717) is 37.1 Å². The van der Waals surface area contributed by atoms with E-state index in [0.717, 1.165) is 0 Å². The van der Waals surface area contributed by atoms with Crippen molar-refractivity contribution < 1.29 is 77.0 Å². The number of carbonyl (C=O) groups excluding carboxylic acids is 15. The Hall–Kier alpha value is -8.51. The van der Waals surface area contributed by atoms with Gasteiger partial charge in [0.25, 0.3) is 0 Å². The quantitative estimate of drug-likeness (QED) is 0.0315. The molecule has 0 radical (unpaired) electrons. The van der Waals surface area contributed by atoms with Crippen molar-refractivity contribution >= 4 is 100 Å². The van der Waals surface area contributed by atoms with Gasteiger partial charge < -0.3 is 102 Å². The number of H-pyrrole nitrogens is 1. The lowest BCUT2D eigenvalue weighted by atomic mass is 9.95. The van der Waals surface area contributed by atoms with Crippen molar-refractivity contribution in [2.24, 2.45) is 58.6 Å². The van der Waals surface area contributed by atoms with Crippen LogP contribution in [-0.4, -0.2) is 220 Å². The average molecular weight is 1550 g/mol. The fraction of sp³-hybridized carbons (Fsp3) is 0.750. The lowest BCUT2D eigenvalue weighted by molar-refractivity contribution is -0.137. The number of hydrogen-bond acceptors (Lipinski definition) is 20. The minimum absolute atomic E-state index is 0.0302. The number of carbonyl (C=O) groups is 15. The van der Waals surface area contributed by atoms with Crippen molar-refractivity contribution in [3.05, 3.63) is 18.2 Å². The summed E-state index contributed by atoms with van der Waals surface area (Å²) < 4.78 is 0. The van der Waals surface area contributed by atoms with Gasteiger partial charge in [0.15, 0.2) is 0 Å². The van der Waals surface area contributed by atoms with Crippen molar-refractivity contribution in [3.63, 3.8) is 0 Å². The number of rotatable bonds is 53. The Kier molecular flexibility index (Phi) is 46.0. The molecule has 0 aliphatic heterocycles. The van der Waals surface area contributed by atoms with E-state index in [9.17, 15) is 77.0 Å². The number of aromatic amines is 1. The van der Waals surface area contributed by atoms with Crippen LogP contribution in [0.3, 0.4) is 0 Å². The summed E-state index contributed by atoms with van der Waals surface area (Å²) in [6.07, 6.45) is 5.57. The number of imidazole rings is 1. The molecule has 0 unspecified atom stereocenters. The van der Waals surface area contributed by atoms with Crippen molar-refractivity contribution in [2.45, 2.75) is 266 Å². The number of amides is 15. The van der Waals surface area contributed by atoms with Gasteiger partial charge in [-0.3, -0.25) is 71.9 Å². The highest BCUT2D eigenvalue weighted by atomic mass is 32.2. The van der Waals surface area contributed by atoms with Gasteiger partial charge in [-0.2, -0.15) is 11.8 Å². The third-order valence-corrected chi connectivity index (χ3v) is 18.8. The van der Waals surface area contributed by atoms with Gasteiger partial charge in [-0.1, -0.05) is 116 Å². The van der Waals surface area contributed by atoms with Crippen LogP contribution in [0.25, 0.3) is 0 Å². The molecular formula is C72H129N19O16S. The lowest BCUT2D eigenvalue weighted by Gasteiger charge is -2.30. The summed E-state index contributed by atoms with van der Waals surface area (Å²) in [5, 5.41) is 47.4. The number of primary amides is 1. The molecule has 16 atom stereocenters. The third-order valence-electron chi connectivity index (χ3n) is 18.1. The second kappa shape index (κ2) is 51.0. The zero-order chi connectivity index (χ0) is 82.2. The van der Waals surface area contributed by atoms with Gasteiger partial charge in [-0.25, -0.2) is 4.98 Å². The van der Waals surface area contributed by atoms with E-state index in [1.807, 2.05) is 48.5 Å². The molecule has 1 rings (SSSR count). The number of nitrogens with two attached hydrogens (primary N) is 3. The first-order valence-corrected chi connectivity index (χ1v) is 39.1. The van der Waals surface area contributed by atoms with E-state index in [1.54, 1.807) is 54.7 Å². The fourth-order valence-electron chi connectivity index (χ4n) is 11.1. The number of hydrogen-bond donors (Lipinski definition) is 19. The van der Waals surface area contributed by atoms with Gasteiger partial charge >= 0.3 is 0 Å². The zero-order valence-corrected chi connectivity index (χ0v) is 67.2. The van der Waals surface area contributed by atoms with Crippen LogP contribution in [0.2, 0.25) is 0 Å². The molecule has 0 aromatic carbocycles. The predicted octanol–water partition coefficient (Wildman–Crippen LogP) is -1.95. The van der Waals surface area contributed by atoms with Gasteiger partial charge in [-0.05, 0) is 125 Å². The summed E-state index contributed by atoms with van der Waals surface area (Å²) in [7, 11) is 0. The number of thioether (sulfide) groups is 1. The van der Waals surface area contributed by atoms with E-state index in [4.69, 9.17) is 17.2 Å². The second-order valence-electron chi connectivity index (χ2n) is 29.6. The first kappa shape index (κ1) is 97.5. The SMILES string of the molecule is CC[C@H](C)[C@H](N)C(=O)N[C@H](C(=O)NCC(=O)N[C@@H](Cc1cnc[nH]1)C(=O)N[C@@H](CC(C)C)C(=O)N[C@H](C(=O)N[C@@H](CCCCN)C(=O)N[C@H](C(=O)N[C@@H](C)C(=O)N[C@@H](CC(C)C)C(=O)NCC(=O)N[C@@H](CCSC)C(=O)N[C@@H](CC(C)C)C(=O)NCC(=O)N[C@@H](CC(C)C)C(N)=O)[C@@H](C)O)[C@@H](C)CC)[C@@H](C)CC. The van der Waals surface area contributed by atoms with E-state index in [1.165, 1.54) is 38.1 Å². The van der Waals surface area contributed by atoms with Gasteiger partial charge in [0.05, 0.1) is 38.1 Å². The molecule has 1 aromatic heterocycles. The van der Waals surface area contributed by atoms with E-state index < -0.39 is 193 Å². The lowest BCUT2D eigenvalue weighted by Crippen LogP contribution is -2.62. The third kappa shape index (κ3) is 37.1. The number of unbranched alkanes of at least 4 members (excludes halogenated alkanes) is 1. The largest absolute Gasteiger partial charge is 0.391 e. The molecule has 0 aliphatic rings. The van der Waals surface area contributed by atoms with Crippen LogP contribution in [-0.2, 0) is 78.3 Å². The second-order valence-corrected chi connectivity index (χ2v) is 30.6. The van der Waals surface area contributed by atoms with Crippen LogP contribution in [0.4, 0.5) is 0 Å². The Labute approximate surface area is 640 Å². The van der Waals surface area contributed by atoms with E-state index in [-0.39, 0.29) is 93.4 Å². The number of nitrogens with zero attached hydrogens (tertiary/aromatic N) is 1. The van der Waals surface area contributed by atoms with Crippen molar-refractivity contribution in [2.75, 3.05) is 38.2 Å². The summed E-state index contributed by atoms with van der Waals surface area (Å²) in [4.78, 5) is 212. The molecule has 0 aliphatic carbocycles. The van der Waals surface area contributed by atoms with Gasteiger partial charge in [0.2, 0.25) is 88.6 Å². The molecule has 35 nitrogen and oxygen atoms in total. The standard InChI is InChI=1S/C72H129N19O16S/c1-18-41(12)57(74)69(104)90-58(42(13)19-2)70(105)79-35-56(95)84-53(31-46-32-76-36-80-46)67(102)88-52(30-40(10)11)68(103)89-59(43(14)20-3)71(106)85-47(23-21-22-25-73)66(101)91-60(45(16)92)72(107)81-44(15)62(97)86-50(28-38(6)7)63(98)77-33-54(93)82-48(24-26-108-17)65(100)87-51(29-39(8)9)64(99)78-34-55(94)83-49(61(75)96)27-37(4)5/h32,36-45,47-53,57-60,92H,18-31,33-35,73-74H2,1-17H3,(H2,75,96)(H,76,80)(H,77,98)(H,78,99)(H,79,105)(H,81,107)(H,82,93)(H,83,94)(H,84,95)(H,85,106)(H,86,97)(H,87,100)(H,88,102)(H,89,103)(H,90,104)(H,91,101)/t41-,42-,43-,44-,45+,47-,48-,49-,50-,51-,52-,53-,57-,58-,59-,60-/m0/s1. The molecule has 0 spiro atoms. The molecule has 614 valence electrons. The van der Waals surface area contributed by atoms with Gasteiger partial charge in [0, 0.05) is 18.3 Å². The van der Waals surface area contributed by atoms with Crippen molar-refractivity contribution in [3.8, 4) is 0 Å².